The minimum Gasteiger partial charge on any atom is -0.497 e. The molecule has 0 radical (unpaired) electrons. The molecule has 0 spiro atoms. The summed E-state index contributed by atoms with van der Waals surface area (Å²) in [4.78, 5) is 14.3. The van der Waals surface area contributed by atoms with Crippen LogP contribution in [0.2, 0.25) is 0 Å². The van der Waals surface area contributed by atoms with Crippen LogP contribution in [0, 0.1) is 6.92 Å². The number of aromatic nitrogens is 2. The quantitative estimate of drug-likeness (QED) is 0.911. The third kappa shape index (κ3) is 1.90. The molecule has 0 saturated carbocycles. The van der Waals surface area contributed by atoms with E-state index in [0.717, 1.165) is 47.8 Å². The lowest BCUT2D eigenvalue weighted by Gasteiger charge is -2.29. The highest BCUT2D eigenvalue weighted by Crippen LogP contribution is 2.33. The summed E-state index contributed by atoms with van der Waals surface area (Å²) in [5.74, 6) is 1.78. The van der Waals surface area contributed by atoms with Crippen LogP contribution >= 0.6 is 0 Å². The van der Waals surface area contributed by atoms with Gasteiger partial charge in [0.2, 0.25) is 0 Å². The molecule has 2 aromatic rings. The highest BCUT2D eigenvalue weighted by molar-refractivity contribution is 5.67. The summed E-state index contributed by atoms with van der Waals surface area (Å²) in [6.07, 6.45) is 1.84. The number of benzene rings is 1. The average molecular weight is 273 g/mol. The molecule has 0 saturated heterocycles. The Bertz CT molecular complexity index is 700. The summed E-state index contributed by atoms with van der Waals surface area (Å²) < 4.78 is 6.81. The van der Waals surface area contributed by atoms with Crippen LogP contribution in [-0.4, -0.2) is 23.4 Å². The standard InChI is InChI=1S/C15H19N3O2/c1-10-9-11(20-3)6-7-13(10)18-8-4-5-12-14(18)16-17(2)15(12)19/h6-7,9,16H,4-5,8H2,1-3H3. The van der Waals surface area contributed by atoms with Crippen molar-refractivity contribution in [3.8, 4) is 5.75 Å². The Morgan fingerprint density at radius 1 is 1.35 bits per heavy atom. The zero-order chi connectivity index (χ0) is 14.3. The number of nitrogens with zero attached hydrogens (tertiary/aromatic N) is 2. The number of hydrogen-bond acceptors (Lipinski definition) is 3. The van der Waals surface area contributed by atoms with Crippen LogP contribution in [-0.2, 0) is 13.5 Å². The molecule has 106 valence electrons. The second-order valence-electron chi connectivity index (χ2n) is 5.21. The lowest BCUT2D eigenvalue weighted by atomic mass is 10.1. The van der Waals surface area contributed by atoms with E-state index in [0.29, 0.717) is 0 Å². The molecule has 5 heteroatoms. The Labute approximate surface area is 117 Å². The van der Waals surface area contributed by atoms with E-state index in [2.05, 4.69) is 23.0 Å². The van der Waals surface area contributed by atoms with Crippen LogP contribution in [0.5, 0.6) is 5.75 Å². The minimum atomic E-state index is 0.0795. The summed E-state index contributed by atoms with van der Waals surface area (Å²) in [7, 11) is 3.43. The van der Waals surface area contributed by atoms with Gasteiger partial charge in [-0.05, 0) is 43.5 Å². The smallest absolute Gasteiger partial charge is 0.271 e. The number of anilines is 2. The first-order valence-electron chi connectivity index (χ1n) is 6.82. The van der Waals surface area contributed by atoms with Gasteiger partial charge in [-0.2, -0.15) is 0 Å². The largest absolute Gasteiger partial charge is 0.497 e. The molecule has 0 amide bonds. The Morgan fingerprint density at radius 2 is 2.15 bits per heavy atom. The van der Waals surface area contributed by atoms with Crippen molar-refractivity contribution in [3.05, 3.63) is 39.7 Å². The number of hydrogen-bond donors (Lipinski definition) is 1. The van der Waals surface area contributed by atoms with Crippen molar-refractivity contribution in [1.29, 1.82) is 0 Å². The molecule has 0 bridgehead atoms. The number of ether oxygens (including phenoxy) is 1. The first-order chi connectivity index (χ1) is 9.61. The number of aryl methyl sites for hydroxylation is 2. The molecule has 0 aliphatic carbocycles. The van der Waals surface area contributed by atoms with Crippen LogP contribution in [0.1, 0.15) is 17.5 Å². The van der Waals surface area contributed by atoms with Gasteiger partial charge in [-0.25, -0.2) is 0 Å². The van der Waals surface area contributed by atoms with Crippen LogP contribution in [0.4, 0.5) is 11.5 Å². The van der Waals surface area contributed by atoms with Gasteiger partial charge in [-0.1, -0.05) is 0 Å². The second-order valence-corrected chi connectivity index (χ2v) is 5.21. The van der Waals surface area contributed by atoms with Gasteiger partial charge in [0.25, 0.3) is 5.56 Å². The molecular formula is C15H19N3O2. The van der Waals surface area contributed by atoms with Crippen molar-refractivity contribution < 1.29 is 4.74 Å². The van der Waals surface area contributed by atoms with E-state index < -0.39 is 0 Å². The maximum absolute atomic E-state index is 12.1. The van der Waals surface area contributed by atoms with Gasteiger partial charge in [0.05, 0.1) is 12.7 Å². The lowest BCUT2D eigenvalue weighted by Crippen LogP contribution is -2.26. The zero-order valence-electron chi connectivity index (χ0n) is 12.1. The highest BCUT2D eigenvalue weighted by Gasteiger charge is 2.24. The third-order valence-corrected chi connectivity index (χ3v) is 3.90. The Balaban J connectivity index is 2.09. The van der Waals surface area contributed by atoms with Gasteiger partial charge in [0.1, 0.15) is 11.6 Å². The summed E-state index contributed by atoms with van der Waals surface area (Å²) in [6.45, 7) is 2.98. The van der Waals surface area contributed by atoms with Crippen molar-refractivity contribution in [3.63, 3.8) is 0 Å². The van der Waals surface area contributed by atoms with Crippen LogP contribution in [0.15, 0.2) is 23.0 Å². The number of nitrogens with one attached hydrogen (secondary N) is 1. The van der Waals surface area contributed by atoms with Crippen LogP contribution < -0.4 is 15.2 Å². The number of fused-ring (bicyclic) bond motifs is 1. The lowest BCUT2D eigenvalue weighted by molar-refractivity contribution is 0.414. The Morgan fingerprint density at radius 3 is 2.85 bits per heavy atom. The first-order valence-corrected chi connectivity index (χ1v) is 6.82. The fourth-order valence-electron chi connectivity index (χ4n) is 2.85. The molecule has 0 unspecified atom stereocenters. The first kappa shape index (κ1) is 12.8. The maximum Gasteiger partial charge on any atom is 0.271 e. The fraction of sp³-hybridized carbons (Fsp3) is 0.400. The van der Waals surface area contributed by atoms with Gasteiger partial charge in [0, 0.05) is 19.3 Å². The molecule has 0 fully saturated rings. The van der Waals surface area contributed by atoms with E-state index >= 15 is 0 Å². The number of H-pyrrole nitrogens is 1. The topological polar surface area (TPSA) is 50.3 Å². The molecule has 3 rings (SSSR count). The van der Waals surface area contributed by atoms with E-state index in [9.17, 15) is 4.79 Å². The van der Waals surface area contributed by atoms with Crippen LogP contribution in [0.3, 0.4) is 0 Å². The van der Waals surface area contributed by atoms with Crippen molar-refractivity contribution in [2.75, 3.05) is 18.6 Å². The monoisotopic (exact) mass is 273 g/mol. The third-order valence-electron chi connectivity index (χ3n) is 3.90. The normalized spacial score (nSPS) is 14.2. The molecule has 1 aromatic carbocycles. The SMILES string of the molecule is COc1ccc(N2CCCc3c2[nH]n(C)c3=O)c(C)c1. The molecule has 2 heterocycles. The molecule has 1 N–H and O–H groups in total. The highest BCUT2D eigenvalue weighted by atomic mass is 16.5. The second kappa shape index (κ2) is 4.74. The van der Waals surface area contributed by atoms with Crippen molar-refractivity contribution >= 4 is 11.5 Å². The van der Waals surface area contributed by atoms with Gasteiger partial charge in [-0.3, -0.25) is 14.6 Å². The predicted molar refractivity (Wildman–Crippen MR) is 79.1 cm³/mol. The van der Waals surface area contributed by atoms with Gasteiger partial charge in [0.15, 0.2) is 0 Å². The van der Waals surface area contributed by atoms with E-state index in [1.54, 1.807) is 18.8 Å². The van der Waals surface area contributed by atoms with E-state index in [1.165, 1.54) is 0 Å². The fourth-order valence-corrected chi connectivity index (χ4v) is 2.85. The number of aromatic amines is 1. The van der Waals surface area contributed by atoms with Crippen molar-refractivity contribution in [2.24, 2.45) is 7.05 Å². The van der Waals surface area contributed by atoms with Crippen molar-refractivity contribution in [2.45, 2.75) is 19.8 Å². The molecule has 1 aliphatic heterocycles. The molecular weight excluding hydrogens is 254 g/mol. The minimum absolute atomic E-state index is 0.0795. The summed E-state index contributed by atoms with van der Waals surface area (Å²) >= 11 is 0. The Kier molecular flexibility index (Phi) is 3.04. The van der Waals surface area contributed by atoms with E-state index in [-0.39, 0.29) is 5.56 Å². The zero-order valence-corrected chi connectivity index (χ0v) is 12.1. The number of rotatable bonds is 2. The van der Waals surface area contributed by atoms with Gasteiger partial charge < -0.3 is 9.64 Å². The summed E-state index contributed by atoms with van der Waals surface area (Å²) in [5.41, 5.74) is 3.22. The molecule has 1 aliphatic rings. The summed E-state index contributed by atoms with van der Waals surface area (Å²) in [5, 5.41) is 3.17. The van der Waals surface area contributed by atoms with Gasteiger partial charge in [-0.15, -0.1) is 0 Å². The van der Waals surface area contributed by atoms with E-state index in [4.69, 9.17) is 4.74 Å². The van der Waals surface area contributed by atoms with Crippen LogP contribution in [0.25, 0.3) is 0 Å². The predicted octanol–water partition coefficient (Wildman–Crippen LogP) is 2.11. The van der Waals surface area contributed by atoms with Gasteiger partial charge >= 0.3 is 0 Å². The molecule has 20 heavy (non-hydrogen) atoms. The number of methoxy groups -OCH3 is 1. The van der Waals surface area contributed by atoms with Crippen molar-refractivity contribution in [1.82, 2.24) is 9.78 Å². The molecule has 5 nitrogen and oxygen atoms in total. The average Bonchev–Trinajstić information content (AvgIpc) is 2.75. The summed E-state index contributed by atoms with van der Waals surface area (Å²) in [6, 6.07) is 6.02. The maximum atomic E-state index is 12.1. The molecule has 0 atom stereocenters. The Hall–Kier alpha value is -2.17. The van der Waals surface area contributed by atoms with E-state index in [1.807, 2.05) is 12.1 Å². The molecule has 1 aromatic heterocycles.